The summed E-state index contributed by atoms with van der Waals surface area (Å²) in [7, 11) is 1.50. The number of rotatable bonds is 15. The number of hydrogen-bond acceptors (Lipinski definition) is 4. The lowest BCUT2D eigenvalue weighted by atomic mass is 9.87. The third kappa shape index (κ3) is 7.30. The second-order valence-electron chi connectivity index (χ2n) is 10.0. The quantitative estimate of drug-likeness (QED) is 0.105. The van der Waals surface area contributed by atoms with Gasteiger partial charge in [-0.15, -0.1) is 0 Å². The van der Waals surface area contributed by atoms with Gasteiger partial charge in [-0.05, 0) is 48.9 Å². The topological polar surface area (TPSA) is 70.1 Å². The molecule has 12 heteroatoms. The van der Waals surface area contributed by atoms with Gasteiger partial charge >= 0.3 is 18.4 Å². The van der Waals surface area contributed by atoms with E-state index in [1.54, 1.807) is 13.8 Å². The highest BCUT2D eigenvalue weighted by atomic mass is 19.4. The van der Waals surface area contributed by atoms with E-state index in [0.717, 1.165) is 37.8 Å². The molecule has 0 saturated carbocycles. The Labute approximate surface area is 231 Å². The second-order valence-corrected chi connectivity index (χ2v) is 10.0. The Balaban J connectivity index is 1.98. The molecular formula is C28H38F6N2O4. The van der Waals surface area contributed by atoms with Crippen LogP contribution in [0, 0.1) is 0 Å². The number of likely N-dealkylation sites (N-methyl/N-ethyl adjacent to an activating group) is 1. The van der Waals surface area contributed by atoms with Crippen molar-refractivity contribution < 1.29 is 45.8 Å². The number of ether oxygens (including phenoxy) is 1. The van der Waals surface area contributed by atoms with Crippen molar-refractivity contribution in [1.82, 2.24) is 9.80 Å². The smallest absolute Gasteiger partial charge is 0.430 e. The van der Waals surface area contributed by atoms with Gasteiger partial charge in [0.05, 0.1) is 6.61 Å². The van der Waals surface area contributed by atoms with Crippen molar-refractivity contribution in [2.75, 3.05) is 20.2 Å². The van der Waals surface area contributed by atoms with Crippen LogP contribution in [0.25, 0.3) is 0 Å². The highest BCUT2D eigenvalue weighted by Crippen LogP contribution is 2.51. The van der Waals surface area contributed by atoms with Crippen LogP contribution >= 0.6 is 0 Å². The predicted molar refractivity (Wildman–Crippen MR) is 138 cm³/mol. The van der Waals surface area contributed by atoms with Crippen LogP contribution in [0.1, 0.15) is 81.9 Å². The van der Waals surface area contributed by atoms with Gasteiger partial charge < -0.3 is 9.84 Å². The molecule has 1 fully saturated rings. The van der Waals surface area contributed by atoms with E-state index in [1.165, 1.54) is 16.8 Å². The molecule has 2 rings (SSSR count). The minimum absolute atomic E-state index is 0.153. The number of carbonyl (C=O) groups is 2. The van der Waals surface area contributed by atoms with Crippen molar-refractivity contribution in [2.24, 2.45) is 0 Å². The first-order valence-electron chi connectivity index (χ1n) is 13.5. The van der Waals surface area contributed by atoms with Crippen molar-refractivity contribution in [3.63, 3.8) is 0 Å². The molecule has 3 amide bonds. The second kappa shape index (κ2) is 13.7. The first kappa shape index (κ1) is 33.4. The number of benzene rings is 1. The predicted octanol–water partition coefficient (Wildman–Crippen LogP) is 7.03. The zero-order valence-electron chi connectivity index (χ0n) is 23.2. The van der Waals surface area contributed by atoms with Crippen molar-refractivity contribution in [1.29, 1.82) is 0 Å². The van der Waals surface area contributed by atoms with E-state index in [2.05, 4.69) is 6.58 Å². The Morgan fingerprint density at radius 2 is 1.32 bits per heavy atom. The number of halogens is 6. The molecule has 0 aromatic heterocycles. The van der Waals surface area contributed by atoms with E-state index in [-0.39, 0.29) is 54.0 Å². The fraction of sp³-hybridized carbons (Fsp3) is 0.643. The third-order valence-electron chi connectivity index (χ3n) is 6.96. The Morgan fingerprint density at radius 3 is 1.75 bits per heavy atom. The molecule has 0 unspecified atom stereocenters. The molecule has 0 aliphatic carbocycles. The van der Waals surface area contributed by atoms with E-state index in [0.29, 0.717) is 32.2 Å². The Morgan fingerprint density at radius 1 is 0.850 bits per heavy atom. The lowest BCUT2D eigenvalue weighted by molar-refractivity contribution is -0.376. The van der Waals surface area contributed by atoms with Crippen LogP contribution in [0.15, 0.2) is 24.4 Å². The van der Waals surface area contributed by atoms with Gasteiger partial charge in [0.2, 0.25) is 0 Å². The lowest BCUT2D eigenvalue weighted by Gasteiger charge is -2.33. The number of urea groups is 1. The molecule has 1 aliphatic rings. The molecule has 1 N–H and O–H groups in total. The van der Waals surface area contributed by atoms with Gasteiger partial charge in [0, 0.05) is 19.2 Å². The lowest BCUT2D eigenvalue weighted by Crippen LogP contribution is -2.54. The SMILES string of the molecule is C=C1C(=O)N(CCCCCCCCOc2c(CCC)cc(C(O)(C(F)(F)F)C(F)(F)F)cc2CCC)C(=O)N1C. The van der Waals surface area contributed by atoms with Crippen LogP contribution in [-0.4, -0.2) is 59.4 Å². The van der Waals surface area contributed by atoms with Gasteiger partial charge in [-0.25, -0.2) is 4.79 Å². The zero-order valence-corrected chi connectivity index (χ0v) is 23.2. The fourth-order valence-corrected chi connectivity index (χ4v) is 4.68. The summed E-state index contributed by atoms with van der Waals surface area (Å²) in [5.74, 6) is -0.102. The summed E-state index contributed by atoms with van der Waals surface area (Å²) < 4.78 is 87.1. The van der Waals surface area contributed by atoms with Crippen molar-refractivity contribution in [3.8, 4) is 5.75 Å². The molecular weight excluding hydrogens is 542 g/mol. The van der Waals surface area contributed by atoms with E-state index in [1.807, 2.05) is 0 Å². The number of unbranched alkanes of at least 4 members (excludes halogenated alkanes) is 5. The standard InChI is InChI=1S/C28H38F6N2O4/c1-5-13-20-17-22(26(39,27(29,30)31)28(32,33)34)18-21(14-6-2)23(20)40-16-12-10-8-7-9-11-15-36-24(37)19(3)35(4)25(36)38/h17-18,39H,3,5-16H2,1-2,4H3. The number of carbonyl (C=O) groups excluding carboxylic acids is 2. The molecule has 1 aromatic carbocycles. The summed E-state index contributed by atoms with van der Waals surface area (Å²) in [5, 5.41) is 9.94. The van der Waals surface area contributed by atoms with Crippen LogP contribution in [-0.2, 0) is 23.2 Å². The highest BCUT2D eigenvalue weighted by molar-refractivity contribution is 6.11. The maximum Gasteiger partial charge on any atom is 0.430 e. The monoisotopic (exact) mass is 580 g/mol. The largest absolute Gasteiger partial charge is 0.493 e. The molecule has 0 spiro atoms. The van der Waals surface area contributed by atoms with E-state index in [4.69, 9.17) is 4.74 Å². The van der Waals surface area contributed by atoms with Gasteiger partial charge in [-0.3, -0.25) is 14.6 Å². The Hall–Kier alpha value is -2.76. The molecule has 0 atom stereocenters. The summed E-state index contributed by atoms with van der Waals surface area (Å²) in [6, 6.07) is 1.15. The first-order chi connectivity index (χ1) is 18.6. The number of aryl methyl sites for hydroxylation is 2. The van der Waals surface area contributed by atoms with E-state index >= 15 is 0 Å². The molecule has 0 radical (unpaired) electrons. The van der Waals surface area contributed by atoms with Gasteiger partial charge in [0.1, 0.15) is 11.4 Å². The average molecular weight is 581 g/mol. The fourth-order valence-electron chi connectivity index (χ4n) is 4.68. The number of hydrogen-bond donors (Lipinski definition) is 1. The molecule has 1 aliphatic heterocycles. The molecule has 226 valence electrons. The van der Waals surface area contributed by atoms with Crippen molar-refractivity contribution >= 4 is 11.9 Å². The van der Waals surface area contributed by atoms with Crippen LogP contribution in [0.4, 0.5) is 31.1 Å². The van der Waals surface area contributed by atoms with Crippen LogP contribution < -0.4 is 4.74 Å². The molecule has 40 heavy (non-hydrogen) atoms. The summed E-state index contributed by atoms with van der Waals surface area (Å²) in [6.45, 7) is 7.65. The first-order valence-corrected chi connectivity index (χ1v) is 13.5. The number of nitrogens with zero attached hydrogens (tertiary/aromatic N) is 2. The number of imide groups is 1. The average Bonchev–Trinajstić information content (AvgIpc) is 3.04. The van der Waals surface area contributed by atoms with Crippen molar-refractivity contribution in [3.05, 3.63) is 41.1 Å². The maximum atomic E-state index is 13.5. The molecule has 1 aromatic rings. The minimum Gasteiger partial charge on any atom is -0.493 e. The van der Waals surface area contributed by atoms with Crippen LogP contribution in [0.5, 0.6) is 5.75 Å². The Kier molecular flexibility index (Phi) is 11.5. The minimum atomic E-state index is -5.95. The van der Waals surface area contributed by atoms with Crippen molar-refractivity contribution in [2.45, 2.75) is 96.0 Å². The third-order valence-corrected chi connectivity index (χ3v) is 6.96. The van der Waals surface area contributed by atoms with Crippen LogP contribution in [0.3, 0.4) is 0 Å². The van der Waals surface area contributed by atoms with Gasteiger partial charge in [-0.1, -0.05) is 59.0 Å². The number of amides is 3. The maximum absolute atomic E-state index is 13.5. The zero-order chi connectivity index (χ0) is 30.3. The molecule has 1 heterocycles. The van der Waals surface area contributed by atoms with Gasteiger partial charge in [-0.2, -0.15) is 26.3 Å². The molecule has 1 saturated heterocycles. The van der Waals surface area contributed by atoms with Gasteiger partial charge in [0.25, 0.3) is 11.5 Å². The molecule has 6 nitrogen and oxygen atoms in total. The van der Waals surface area contributed by atoms with E-state index in [9.17, 15) is 41.0 Å². The number of aliphatic hydroxyl groups is 1. The van der Waals surface area contributed by atoms with Gasteiger partial charge in [0.15, 0.2) is 0 Å². The van der Waals surface area contributed by atoms with Crippen LogP contribution in [0.2, 0.25) is 0 Å². The Bertz CT molecular complexity index is 1010. The summed E-state index contributed by atoms with van der Waals surface area (Å²) in [4.78, 5) is 26.4. The summed E-state index contributed by atoms with van der Waals surface area (Å²) in [6.07, 6.45) is -6.02. The number of alkyl halides is 6. The normalized spacial score (nSPS) is 15.0. The summed E-state index contributed by atoms with van der Waals surface area (Å²) in [5.41, 5.74) is -5.67. The van der Waals surface area contributed by atoms with E-state index < -0.39 is 23.5 Å². The molecule has 0 bridgehead atoms. The summed E-state index contributed by atoms with van der Waals surface area (Å²) >= 11 is 0. The highest BCUT2D eigenvalue weighted by Gasteiger charge is 2.71.